The monoisotopic (exact) mass is 322 g/mol. The molecule has 126 valence electrons. The lowest BCUT2D eigenvalue weighted by Crippen LogP contribution is -2.50. The Morgan fingerprint density at radius 3 is 2.65 bits per heavy atom. The van der Waals surface area contributed by atoms with Crippen LogP contribution in [0.2, 0.25) is 0 Å². The molecule has 1 fully saturated rings. The molecule has 0 bridgehead atoms. The number of carbonyl (C=O) groups is 2. The number of carbonyl (C=O) groups excluding carboxylic acids is 2. The summed E-state index contributed by atoms with van der Waals surface area (Å²) in [6.45, 7) is 3.81. The molecule has 1 aromatic rings. The van der Waals surface area contributed by atoms with E-state index in [1.807, 2.05) is 0 Å². The Balaban J connectivity index is 1.75. The highest BCUT2D eigenvalue weighted by Gasteiger charge is 2.20. The molecule has 2 amide bonds. The van der Waals surface area contributed by atoms with E-state index in [-0.39, 0.29) is 0 Å². The summed E-state index contributed by atoms with van der Waals surface area (Å²) < 4.78 is 5.25. The van der Waals surface area contributed by atoms with Gasteiger partial charge in [0.25, 0.3) is 5.91 Å². The maximum atomic E-state index is 12.0. The minimum atomic E-state index is -0.972. The fourth-order valence-corrected chi connectivity index (χ4v) is 2.22. The summed E-state index contributed by atoms with van der Waals surface area (Å²) in [5.41, 5.74) is 0.388. The van der Waals surface area contributed by atoms with E-state index in [0.29, 0.717) is 31.9 Å². The van der Waals surface area contributed by atoms with Gasteiger partial charge < -0.3 is 20.5 Å². The lowest BCUT2D eigenvalue weighted by Gasteiger charge is -2.26. The number of aliphatic hydroxyl groups is 1. The van der Waals surface area contributed by atoms with Gasteiger partial charge in [-0.1, -0.05) is 0 Å². The second-order valence-corrected chi connectivity index (χ2v) is 5.19. The van der Waals surface area contributed by atoms with Crippen LogP contribution in [0.4, 0.5) is 0 Å². The number of rotatable bonds is 7. The maximum Gasteiger partial charge on any atom is 0.252 e. The van der Waals surface area contributed by atoms with Crippen LogP contribution in [-0.4, -0.2) is 78.8 Å². The first-order valence-corrected chi connectivity index (χ1v) is 7.60. The largest absolute Gasteiger partial charge is 0.394 e. The molecule has 1 saturated heterocycles. The normalized spacial score (nSPS) is 16.6. The summed E-state index contributed by atoms with van der Waals surface area (Å²) in [5, 5.41) is 14.6. The highest BCUT2D eigenvalue weighted by atomic mass is 16.5. The molecular formula is C15H22N4O4. The molecule has 1 aromatic heterocycles. The van der Waals surface area contributed by atoms with Gasteiger partial charge in [-0.05, 0) is 12.1 Å². The summed E-state index contributed by atoms with van der Waals surface area (Å²) in [6.07, 6.45) is 2.98. The van der Waals surface area contributed by atoms with Crippen molar-refractivity contribution in [2.45, 2.75) is 6.04 Å². The number of aliphatic hydroxyl groups excluding tert-OH is 1. The number of hydrogen-bond donors (Lipinski definition) is 3. The molecule has 0 spiro atoms. The fraction of sp³-hybridized carbons (Fsp3) is 0.533. The van der Waals surface area contributed by atoms with Gasteiger partial charge in [0.2, 0.25) is 5.91 Å². The molecule has 2 heterocycles. The summed E-state index contributed by atoms with van der Waals surface area (Å²) >= 11 is 0. The highest BCUT2D eigenvalue weighted by molar-refractivity contribution is 5.97. The highest BCUT2D eigenvalue weighted by Crippen LogP contribution is 1.98. The van der Waals surface area contributed by atoms with E-state index in [9.17, 15) is 14.7 Å². The number of aromatic nitrogens is 1. The van der Waals surface area contributed by atoms with Crippen molar-refractivity contribution in [1.29, 1.82) is 0 Å². The Bertz CT molecular complexity index is 505. The average Bonchev–Trinajstić information content (AvgIpc) is 2.61. The molecule has 2 rings (SSSR count). The third kappa shape index (κ3) is 5.59. The van der Waals surface area contributed by atoms with E-state index in [1.165, 1.54) is 12.4 Å². The molecule has 0 saturated carbocycles. The van der Waals surface area contributed by atoms with Gasteiger partial charge in [0.05, 0.1) is 19.8 Å². The molecule has 0 unspecified atom stereocenters. The van der Waals surface area contributed by atoms with E-state index >= 15 is 0 Å². The molecule has 3 N–H and O–H groups in total. The van der Waals surface area contributed by atoms with Crippen molar-refractivity contribution in [3.63, 3.8) is 0 Å². The second kappa shape index (κ2) is 9.19. The third-order valence-electron chi connectivity index (χ3n) is 3.58. The van der Waals surface area contributed by atoms with E-state index in [4.69, 9.17) is 4.74 Å². The number of nitrogens with one attached hydrogen (secondary N) is 2. The fourth-order valence-electron chi connectivity index (χ4n) is 2.22. The van der Waals surface area contributed by atoms with Crippen LogP contribution in [0.25, 0.3) is 0 Å². The van der Waals surface area contributed by atoms with Crippen molar-refractivity contribution in [3.8, 4) is 0 Å². The predicted molar refractivity (Wildman–Crippen MR) is 82.8 cm³/mol. The van der Waals surface area contributed by atoms with Gasteiger partial charge in [0.1, 0.15) is 6.04 Å². The minimum Gasteiger partial charge on any atom is -0.394 e. The quantitative estimate of drug-likeness (QED) is 0.572. The third-order valence-corrected chi connectivity index (χ3v) is 3.58. The molecule has 0 radical (unpaired) electrons. The SMILES string of the molecule is O=C(N[C@@H](CO)C(=O)NCCN1CCOCC1)c1ccncc1. The summed E-state index contributed by atoms with van der Waals surface area (Å²) in [4.78, 5) is 30.0. The van der Waals surface area contributed by atoms with Crippen molar-refractivity contribution < 1.29 is 19.4 Å². The average molecular weight is 322 g/mol. The van der Waals surface area contributed by atoms with E-state index in [2.05, 4.69) is 20.5 Å². The molecule has 23 heavy (non-hydrogen) atoms. The first-order valence-electron chi connectivity index (χ1n) is 7.60. The number of nitrogens with zero attached hydrogens (tertiary/aromatic N) is 2. The minimum absolute atomic E-state index is 0.388. The smallest absolute Gasteiger partial charge is 0.252 e. The van der Waals surface area contributed by atoms with Gasteiger partial charge in [-0.3, -0.25) is 19.5 Å². The van der Waals surface area contributed by atoms with E-state index in [0.717, 1.165) is 13.1 Å². The number of pyridine rings is 1. The Morgan fingerprint density at radius 2 is 2.00 bits per heavy atom. The van der Waals surface area contributed by atoms with E-state index in [1.54, 1.807) is 12.1 Å². The zero-order valence-corrected chi connectivity index (χ0v) is 12.9. The van der Waals surface area contributed by atoms with Crippen molar-refractivity contribution in [3.05, 3.63) is 30.1 Å². The van der Waals surface area contributed by atoms with Crippen molar-refractivity contribution in [2.24, 2.45) is 0 Å². The van der Waals surface area contributed by atoms with Crippen LogP contribution < -0.4 is 10.6 Å². The summed E-state index contributed by atoms with van der Waals surface area (Å²) in [5.74, 6) is -0.821. The van der Waals surface area contributed by atoms with Crippen LogP contribution in [0.1, 0.15) is 10.4 Å². The summed E-state index contributed by atoms with van der Waals surface area (Å²) in [7, 11) is 0. The van der Waals surface area contributed by atoms with E-state index < -0.39 is 24.5 Å². The standard InChI is InChI=1S/C15H22N4O4/c20-11-13(18-14(21)12-1-3-16-4-2-12)15(22)17-5-6-19-7-9-23-10-8-19/h1-4,13,20H,5-11H2,(H,17,22)(H,18,21)/t13-/m0/s1. The van der Waals surface area contributed by atoms with Crippen molar-refractivity contribution >= 4 is 11.8 Å². The van der Waals surface area contributed by atoms with Gasteiger partial charge in [-0.2, -0.15) is 0 Å². The van der Waals surface area contributed by atoms with Crippen LogP contribution in [0, 0.1) is 0 Å². The van der Waals surface area contributed by atoms with Crippen LogP contribution in [0.5, 0.6) is 0 Å². The van der Waals surface area contributed by atoms with Crippen LogP contribution in [0.3, 0.4) is 0 Å². The van der Waals surface area contributed by atoms with Gasteiger partial charge >= 0.3 is 0 Å². The first kappa shape index (κ1) is 17.3. The molecule has 1 aliphatic rings. The molecule has 0 aliphatic carbocycles. The number of hydrogen-bond acceptors (Lipinski definition) is 6. The Morgan fingerprint density at radius 1 is 1.30 bits per heavy atom. The second-order valence-electron chi connectivity index (χ2n) is 5.19. The Kier molecular flexibility index (Phi) is 6.92. The van der Waals surface area contributed by atoms with Crippen molar-refractivity contribution in [2.75, 3.05) is 46.0 Å². The van der Waals surface area contributed by atoms with Gasteiger partial charge in [-0.15, -0.1) is 0 Å². The summed E-state index contributed by atoms with van der Waals surface area (Å²) in [6, 6.07) is 2.11. The molecule has 0 aromatic carbocycles. The molecule has 8 heteroatoms. The predicted octanol–water partition coefficient (Wildman–Crippen LogP) is -1.38. The zero-order chi connectivity index (χ0) is 16.5. The van der Waals surface area contributed by atoms with Crippen molar-refractivity contribution in [1.82, 2.24) is 20.5 Å². The van der Waals surface area contributed by atoms with Gasteiger partial charge in [0.15, 0.2) is 0 Å². The van der Waals surface area contributed by atoms with Crippen LogP contribution >= 0.6 is 0 Å². The molecule has 1 atom stereocenters. The van der Waals surface area contributed by atoms with Crippen LogP contribution in [0.15, 0.2) is 24.5 Å². The topological polar surface area (TPSA) is 104 Å². The Labute approximate surface area is 134 Å². The van der Waals surface area contributed by atoms with Gasteiger partial charge in [-0.25, -0.2) is 0 Å². The lowest BCUT2D eigenvalue weighted by molar-refractivity contribution is -0.123. The lowest BCUT2D eigenvalue weighted by atomic mass is 10.2. The first-order chi connectivity index (χ1) is 11.2. The Hall–Kier alpha value is -2.03. The zero-order valence-electron chi connectivity index (χ0n) is 12.9. The van der Waals surface area contributed by atoms with Gasteiger partial charge in [0, 0.05) is 44.1 Å². The number of morpholine rings is 1. The van der Waals surface area contributed by atoms with Crippen LogP contribution in [-0.2, 0) is 9.53 Å². The number of amides is 2. The number of ether oxygens (including phenoxy) is 1. The maximum absolute atomic E-state index is 12.0. The molecule has 1 aliphatic heterocycles. The molecule has 8 nitrogen and oxygen atoms in total. The molecular weight excluding hydrogens is 300 g/mol.